The lowest BCUT2D eigenvalue weighted by Crippen LogP contribution is -2.16. The summed E-state index contributed by atoms with van der Waals surface area (Å²) in [5.74, 6) is 0. The Morgan fingerprint density at radius 2 is 1.09 bits per heavy atom. The van der Waals surface area contributed by atoms with Gasteiger partial charge in [0.1, 0.15) is 11.2 Å². The Hall–Kier alpha value is -6.68. The maximum atomic E-state index is 7.06. The van der Waals surface area contributed by atoms with Crippen LogP contribution in [0, 0.1) is 0 Å². The summed E-state index contributed by atoms with van der Waals surface area (Å²) in [6.07, 6.45) is 0. The maximum Gasteiger partial charge on any atom is 0.145 e. The fraction of sp³-hybridized carbons (Fsp3) is 0.0566. The van der Waals surface area contributed by atoms with Crippen molar-refractivity contribution in [3.63, 3.8) is 0 Å². The molecule has 0 atom stereocenters. The molecule has 3 heteroatoms. The molecule has 0 aliphatic heterocycles. The SMILES string of the molecule is CC1(C)c2ccccc2-c2c(N(c3cccc4sc5ccccc5c34)c3ccc(-c4cc5ccccc5c5ccccc45)c4oc5ccccc5c34)cccc21. The van der Waals surface area contributed by atoms with Gasteiger partial charge in [0, 0.05) is 42.1 Å². The third-order valence-electron chi connectivity index (χ3n) is 12.3. The number of thiophene rings is 1. The molecule has 0 N–H and O–H groups in total. The zero-order valence-electron chi connectivity index (χ0n) is 31.0. The third kappa shape index (κ3) is 4.32. The first-order chi connectivity index (χ1) is 27.6. The second-order valence-corrected chi connectivity index (χ2v) is 16.7. The van der Waals surface area contributed by atoms with E-state index in [4.69, 9.17) is 4.42 Å². The van der Waals surface area contributed by atoms with Gasteiger partial charge in [0.15, 0.2) is 0 Å². The Morgan fingerprint density at radius 3 is 1.98 bits per heavy atom. The number of rotatable bonds is 4. The van der Waals surface area contributed by atoms with Crippen molar-refractivity contribution in [3.8, 4) is 22.3 Å². The Morgan fingerprint density at radius 1 is 0.446 bits per heavy atom. The fourth-order valence-electron chi connectivity index (χ4n) is 9.74. The van der Waals surface area contributed by atoms with Crippen molar-refractivity contribution in [1.82, 2.24) is 0 Å². The molecule has 56 heavy (non-hydrogen) atoms. The van der Waals surface area contributed by atoms with Crippen molar-refractivity contribution in [2.45, 2.75) is 19.3 Å². The second-order valence-electron chi connectivity index (χ2n) is 15.6. The molecule has 12 rings (SSSR count). The molecule has 0 spiro atoms. The quantitative estimate of drug-likeness (QED) is 0.168. The Labute approximate surface area is 328 Å². The predicted molar refractivity (Wildman–Crippen MR) is 239 cm³/mol. The number of fused-ring (bicyclic) bond motifs is 12. The third-order valence-corrected chi connectivity index (χ3v) is 13.4. The van der Waals surface area contributed by atoms with Gasteiger partial charge in [-0.2, -0.15) is 0 Å². The van der Waals surface area contributed by atoms with Gasteiger partial charge >= 0.3 is 0 Å². The van der Waals surface area contributed by atoms with Crippen molar-refractivity contribution >= 4 is 92.1 Å². The van der Waals surface area contributed by atoms with Crippen LogP contribution in [0.25, 0.3) is 85.9 Å². The van der Waals surface area contributed by atoms with Crippen LogP contribution in [0.3, 0.4) is 0 Å². The summed E-state index contributed by atoms with van der Waals surface area (Å²) in [7, 11) is 0. The normalized spacial score (nSPS) is 13.3. The molecule has 2 aromatic heterocycles. The number of nitrogens with zero attached hydrogens (tertiary/aromatic N) is 1. The summed E-state index contributed by atoms with van der Waals surface area (Å²) in [6, 6.07) is 64.6. The summed E-state index contributed by atoms with van der Waals surface area (Å²) in [5.41, 5.74) is 12.6. The zero-order chi connectivity index (χ0) is 37.1. The van der Waals surface area contributed by atoms with Crippen LogP contribution in [-0.4, -0.2) is 0 Å². The molecular formula is C53H35NOS. The first kappa shape index (κ1) is 31.6. The average molecular weight is 734 g/mol. The topological polar surface area (TPSA) is 16.4 Å². The van der Waals surface area contributed by atoms with E-state index in [1.807, 2.05) is 11.3 Å². The molecule has 2 heterocycles. The largest absolute Gasteiger partial charge is 0.455 e. The van der Waals surface area contributed by atoms with Gasteiger partial charge in [-0.25, -0.2) is 0 Å². The molecular weight excluding hydrogens is 699 g/mol. The smallest absolute Gasteiger partial charge is 0.145 e. The minimum atomic E-state index is -0.145. The van der Waals surface area contributed by atoms with Gasteiger partial charge in [0.05, 0.1) is 22.4 Å². The fourth-order valence-corrected chi connectivity index (χ4v) is 10.9. The van der Waals surface area contributed by atoms with E-state index in [1.165, 1.54) is 75.2 Å². The standard InChI is InChI=1S/C53H35NOS/c1-53(2)41-22-10-7-19-37(41)49-42(53)23-13-24-43(49)54(44-25-14-28-48-50(44)39-21-9-12-27-47(39)56-48)45-30-29-36(52-51(45)38-20-8-11-26-46(38)55-52)40-31-32-15-3-4-16-33(32)34-17-5-6-18-35(34)40/h3-31H,1-2H3. The Kier molecular flexibility index (Phi) is 6.59. The lowest BCUT2D eigenvalue weighted by atomic mass is 9.82. The van der Waals surface area contributed by atoms with Crippen LogP contribution in [-0.2, 0) is 5.41 Å². The van der Waals surface area contributed by atoms with E-state index in [1.54, 1.807) is 0 Å². The monoisotopic (exact) mass is 733 g/mol. The molecule has 0 saturated heterocycles. The Bertz CT molecular complexity index is 3420. The minimum absolute atomic E-state index is 0.145. The van der Waals surface area contributed by atoms with E-state index < -0.39 is 0 Å². The van der Waals surface area contributed by atoms with Gasteiger partial charge < -0.3 is 9.32 Å². The minimum Gasteiger partial charge on any atom is -0.455 e. The van der Waals surface area contributed by atoms with Crippen LogP contribution in [0.2, 0.25) is 0 Å². The zero-order valence-corrected chi connectivity index (χ0v) is 31.8. The molecule has 1 aliphatic rings. The number of furan rings is 1. The number of para-hydroxylation sites is 1. The van der Waals surface area contributed by atoms with Crippen molar-refractivity contribution in [2.24, 2.45) is 0 Å². The summed E-state index contributed by atoms with van der Waals surface area (Å²) in [4.78, 5) is 2.55. The molecule has 264 valence electrons. The number of anilines is 3. The lowest BCUT2D eigenvalue weighted by Gasteiger charge is -2.30. The van der Waals surface area contributed by atoms with Crippen molar-refractivity contribution in [1.29, 1.82) is 0 Å². The molecule has 0 amide bonds. The molecule has 0 saturated carbocycles. The highest BCUT2D eigenvalue weighted by Gasteiger charge is 2.38. The highest BCUT2D eigenvalue weighted by Crippen LogP contribution is 2.57. The summed E-state index contributed by atoms with van der Waals surface area (Å²) >= 11 is 1.86. The van der Waals surface area contributed by atoms with Crippen LogP contribution >= 0.6 is 11.3 Å². The molecule has 2 nitrogen and oxygen atoms in total. The molecule has 0 unspecified atom stereocenters. The molecule has 9 aromatic carbocycles. The van der Waals surface area contributed by atoms with E-state index >= 15 is 0 Å². The van der Waals surface area contributed by atoms with Crippen molar-refractivity contribution in [2.75, 3.05) is 4.90 Å². The summed E-state index contributed by atoms with van der Waals surface area (Å²) in [6.45, 7) is 4.73. The summed E-state index contributed by atoms with van der Waals surface area (Å²) < 4.78 is 9.62. The highest BCUT2D eigenvalue weighted by atomic mass is 32.1. The van der Waals surface area contributed by atoms with E-state index in [9.17, 15) is 0 Å². The summed E-state index contributed by atoms with van der Waals surface area (Å²) in [5, 5.41) is 9.68. The van der Waals surface area contributed by atoms with Gasteiger partial charge in [0.25, 0.3) is 0 Å². The van der Waals surface area contributed by atoms with E-state index in [0.29, 0.717) is 0 Å². The predicted octanol–water partition coefficient (Wildman–Crippen LogP) is 15.7. The lowest BCUT2D eigenvalue weighted by molar-refractivity contribution is 0.660. The molecule has 11 aromatic rings. The van der Waals surface area contributed by atoms with Crippen LogP contribution in [0.5, 0.6) is 0 Å². The van der Waals surface area contributed by atoms with Gasteiger partial charge in [-0.05, 0) is 92.3 Å². The second kappa shape index (κ2) is 11.7. The van der Waals surface area contributed by atoms with Gasteiger partial charge in [-0.3, -0.25) is 0 Å². The number of hydrogen-bond donors (Lipinski definition) is 0. The van der Waals surface area contributed by atoms with E-state index in [0.717, 1.165) is 38.9 Å². The van der Waals surface area contributed by atoms with Gasteiger partial charge in [0.2, 0.25) is 0 Å². The Balaban J connectivity index is 1.23. The van der Waals surface area contributed by atoms with Crippen LogP contribution < -0.4 is 4.90 Å². The molecule has 0 radical (unpaired) electrons. The maximum absolute atomic E-state index is 7.06. The average Bonchev–Trinajstić information content (AvgIpc) is 3.90. The first-order valence-electron chi connectivity index (χ1n) is 19.4. The van der Waals surface area contributed by atoms with Gasteiger partial charge in [-0.1, -0.05) is 141 Å². The van der Waals surface area contributed by atoms with E-state index in [-0.39, 0.29) is 5.41 Å². The highest BCUT2D eigenvalue weighted by molar-refractivity contribution is 7.26. The number of hydrogen-bond acceptors (Lipinski definition) is 3. The molecule has 0 bridgehead atoms. The number of benzene rings is 9. The van der Waals surface area contributed by atoms with Crippen LogP contribution in [0.15, 0.2) is 180 Å². The molecule has 0 fully saturated rings. The van der Waals surface area contributed by atoms with Crippen LogP contribution in [0.4, 0.5) is 17.1 Å². The van der Waals surface area contributed by atoms with Crippen molar-refractivity contribution < 1.29 is 4.42 Å². The van der Waals surface area contributed by atoms with Gasteiger partial charge in [-0.15, -0.1) is 11.3 Å². The first-order valence-corrected chi connectivity index (χ1v) is 20.2. The van der Waals surface area contributed by atoms with Crippen molar-refractivity contribution in [3.05, 3.63) is 187 Å². The van der Waals surface area contributed by atoms with Crippen LogP contribution in [0.1, 0.15) is 25.0 Å². The molecule has 1 aliphatic carbocycles. The van der Waals surface area contributed by atoms with E-state index in [2.05, 4.69) is 195 Å².